The third kappa shape index (κ3) is 6.52. The van der Waals surface area contributed by atoms with E-state index in [1.165, 1.54) is 12.8 Å². The molecule has 1 aliphatic rings. The molecule has 0 spiro atoms. The third-order valence-electron chi connectivity index (χ3n) is 4.72. The Labute approximate surface area is 159 Å². The predicted molar refractivity (Wildman–Crippen MR) is 102 cm³/mol. The molecule has 6 heteroatoms. The second-order valence-electron chi connectivity index (χ2n) is 6.63. The van der Waals surface area contributed by atoms with E-state index in [1.807, 2.05) is 6.07 Å². The molecule has 4 nitrogen and oxygen atoms in total. The van der Waals surface area contributed by atoms with Gasteiger partial charge in [-0.05, 0) is 37.0 Å². The van der Waals surface area contributed by atoms with E-state index in [1.54, 1.807) is 24.0 Å². The van der Waals surface area contributed by atoms with Crippen molar-refractivity contribution in [3.63, 3.8) is 0 Å². The number of hydrogen-bond donors (Lipinski definition) is 1. The van der Waals surface area contributed by atoms with E-state index < -0.39 is 0 Å². The summed E-state index contributed by atoms with van der Waals surface area (Å²) in [7, 11) is 0. The SMILES string of the molecule is CC(=O)N(CC(=O)NCCc1ccc(Cl)cc1Cl)C1CCCCCC1. The molecule has 1 N–H and O–H groups in total. The Bertz CT molecular complexity index is 599. The summed E-state index contributed by atoms with van der Waals surface area (Å²) in [5, 5.41) is 4.09. The van der Waals surface area contributed by atoms with E-state index in [2.05, 4.69) is 5.32 Å². The predicted octanol–water partition coefficient (Wildman–Crippen LogP) is 4.22. The normalized spacial score (nSPS) is 15.5. The second kappa shape index (κ2) is 10.0. The van der Waals surface area contributed by atoms with Crippen molar-refractivity contribution < 1.29 is 9.59 Å². The first kappa shape index (κ1) is 20.1. The molecule has 0 aliphatic heterocycles. The highest BCUT2D eigenvalue weighted by Crippen LogP contribution is 2.22. The van der Waals surface area contributed by atoms with Crippen molar-refractivity contribution in [2.45, 2.75) is 57.9 Å². The summed E-state index contributed by atoms with van der Waals surface area (Å²) in [5.74, 6) is -0.146. The monoisotopic (exact) mass is 384 g/mol. The molecule has 0 heterocycles. The van der Waals surface area contributed by atoms with E-state index in [-0.39, 0.29) is 24.4 Å². The minimum Gasteiger partial charge on any atom is -0.354 e. The van der Waals surface area contributed by atoms with Crippen LogP contribution in [0.3, 0.4) is 0 Å². The Balaban J connectivity index is 1.83. The maximum atomic E-state index is 12.3. The van der Waals surface area contributed by atoms with Crippen LogP contribution in [0.25, 0.3) is 0 Å². The summed E-state index contributed by atoms with van der Waals surface area (Å²) in [6, 6.07) is 5.54. The van der Waals surface area contributed by atoms with Crippen molar-refractivity contribution >= 4 is 35.0 Å². The zero-order chi connectivity index (χ0) is 18.2. The average molecular weight is 385 g/mol. The largest absolute Gasteiger partial charge is 0.354 e. The lowest BCUT2D eigenvalue weighted by Crippen LogP contribution is -2.45. The Morgan fingerprint density at radius 2 is 1.84 bits per heavy atom. The highest BCUT2D eigenvalue weighted by atomic mass is 35.5. The molecule has 0 bridgehead atoms. The van der Waals surface area contributed by atoms with Crippen LogP contribution in [0.15, 0.2) is 18.2 Å². The van der Waals surface area contributed by atoms with Crippen LogP contribution in [0.5, 0.6) is 0 Å². The Morgan fingerprint density at radius 1 is 1.16 bits per heavy atom. The molecule has 0 radical (unpaired) electrons. The van der Waals surface area contributed by atoms with Crippen LogP contribution < -0.4 is 5.32 Å². The maximum Gasteiger partial charge on any atom is 0.239 e. The topological polar surface area (TPSA) is 49.4 Å². The number of halogens is 2. The van der Waals surface area contributed by atoms with Gasteiger partial charge in [0.05, 0.1) is 6.54 Å². The number of carbonyl (C=O) groups is 2. The van der Waals surface area contributed by atoms with Gasteiger partial charge in [-0.15, -0.1) is 0 Å². The fourth-order valence-corrected chi connectivity index (χ4v) is 3.84. The van der Waals surface area contributed by atoms with Gasteiger partial charge in [-0.3, -0.25) is 9.59 Å². The van der Waals surface area contributed by atoms with Gasteiger partial charge in [-0.1, -0.05) is 55.0 Å². The number of nitrogens with zero attached hydrogens (tertiary/aromatic N) is 1. The molecule has 0 atom stereocenters. The molecule has 2 rings (SSSR count). The van der Waals surface area contributed by atoms with Crippen LogP contribution in [0.4, 0.5) is 0 Å². The van der Waals surface area contributed by atoms with Gasteiger partial charge in [-0.25, -0.2) is 0 Å². The lowest BCUT2D eigenvalue weighted by Gasteiger charge is -2.29. The van der Waals surface area contributed by atoms with Gasteiger partial charge in [-0.2, -0.15) is 0 Å². The maximum absolute atomic E-state index is 12.3. The van der Waals surface area contributed by atoms with E-state index in [9.17, 15) is 9.59 Å². The summed E-state index contributed by atoms with van der Waals surface area (Å²) < 4.78 is 0. The van der Waals surface area contributed by atoms with Crippen LogP contribution in [-0.2, 0) is 16.0 Å². The number of benzene rings is 1. The zero-order valence-electron chi connectivity index (χ0n) is 14.7. The summed E-state index contributed by atoms with van der Waals surface area (Å²) in [6.45, 7) is 2.16. The molecule has 1 aliphatic carbocycles. The molecule has 1 saturated carbocycles. The quantitative estimate of drug-likeness (QED) is 0.746. The molecule has 1 aromatic carbocycles. The summed E-state index contributed by atoms with van der Waals surface area (Å²) in [4.78, 5) is 26.0. The van der Waals surface area contributed by atoms with Gasteiger partial charge in [0, 0.05) is 29.6 Å². The van der Waals surface area contributed by atoms with Crippen molar-refractivity contribution in [3.8, 4) is 0 Å². The molecule has 0 saturated heterocycles. The Kier molecular flexibility index (Phi) is 8.04. The number of hydrogen-bond acceptors (Lipinski definition) is 2. The second-order valence-corrected chi connectivity index (χ2v) is 7.47. The van der Waals surface area contributed by atoms with E-state index in [0.717, 1.165) is 31.2 Å². The summed E-state index contributed by atoms with van der Waals surface area (Å²) in [6.07, 6.45) is 7.31. The van der Waals surface area contributed by atoms with Gasteiger partial charge in [0.15, 0.2) is 0 Å². The van der Waals surface area contributed by atoms with Crippen molar-refractivity contribution in [1.82, 2.24) is 10.2 Å². The molecule has 25 heavy (non-hydrogen) atoms. The highest BCUT2D eigenvalue weighted by Gasteiger charge is 2.24. The van der Waals surface area contributed by atoms with Crippen LogP contribution in [0, 0.1) is 0 Å². The van der Waals surface area contributed by atoms with E-state index in [4.69, 9.17) is 23.2 Å². The molecular weight excluding hydrogens is 359 g/mol. The molecular formula is C19H26Cl2N2O2. The molecule has 0 aromatic heterocycles. The minimum absolute atomic E-state index is 0.0252. The zero-order valence-corrected chi connectivity index (χ0v) is 16.2. The lowest BCUT2D eigenvalue weighted by molar-refractivity contribution is -0.136. The standard InChI is InChI=1S/C19H26Cl2N2O2/c1-14(24)23(17-6-4-2-3-5-7-17)13-19(25)22-11-10-15-8-9-16(20)12-18(15)21/h8-9,12,17H,2-7,10-11,13H2,1H3,(H,22,25). The van der Waals surface area contributed by atoms with Gasteiger partial charge >= 0.3 is 0 Å². The van der Waals surface area contributed by atoms with Crippen molar-refractivity contribution in [3.05, 3.63) is 33.8 Å². The van der Waals surface area contributed by atoms with Gasteiger partial charge in [0.25, 0.3) is 0 Å². The number of amides is 2. The summed E-state index contributed by atoms with van der Waals surface area (Å²) >= 11 is 12.0. The van der Waals surface area contributed by atoms with Crippen LogP contribution in [0.1, 0.15) is 51.0 Å². The fraction of sp³-hybridized carbons (Fsp3) is 0.579. The first-order valence-corrected chi connectivity index (χ1v) is 9.71. The highest BCUT2D eigenvalue weighted by molar-refractivity contribution is 6.35. The lowest BCUT2D eigenvalue weighted by atomic mass is 10.1. The van der Waals surface area contributed by atoms with Gasteiger partial charge in [0.2, 0.25) is 11.8 Å². The molecule has 138 valence electrons. The Hall–Kier alpha value is -1.26. The number of rotatable bonds is 6. The summed E-state index contributed by atoms with van der Waals surface area (Å²) in [5.41, 5.74) is 0.943. The van der Waals surface area contributed by atoms with Gasteiger partial charge in [0.1, 0.15) is 0 Å². The smallest absolute Gasteiger partial charge is 0.239 e. The van der Waals surface area contributed by atoms with Crippen LogP contribution in [-0.4, -0.2) is 35.8 Å². The van der Waals surface area contributed by atoms with E-state index in [0.29, 0.717) is 23.0 Å². The first-order valence-electron chi connectivity index (χ1n) is 8.95. The minimum atomic E-state index is -0.121. The van der Waals surface area contributed by atoms with Crippen molar-refractivity contribution in [2.24, 2.45) is 0 Å². The van der Waals surface area contributed by atoms with Crippen molar-refractivity contribution in [1.29, 1.82) is 0 Å². The van der Waals surface area contributed by atoms with Crippen molar-refractivity contribution in [2.75, 3.05) is 13.1 Å². The third-order valence-corrected chi connectivity index (χ3v) is 5.30. The molecule has 0 unspecified atom stereocenters. The number of carbonyl (C=O) groups excluding carboxylic acids is 2. The molecule has 1 fully saturated rings. The van der Waals surface area contributed by atoms with Crippen LogP contribution >= 0.6 is 23.2 Å². The molecule has 2 amide bonds. The molecule has 1 aromatic rings. The fourth-order valence-electron chi connectivity index (χ4n) is 3.34. The number of nitrogens with one attached hydrogen (secondary N) is 1. The van der Waals surface area contributed by atoms with E-state index >= 15 is 0 Å². The average Bonchev–Trinajstić information content (AvgIpc) is 2.83. The van der Waals surface area contributed by atoms with Gasteiger partial charge < -0.3 is 10.2 Å². The first-order chi connectivity index (χ1) is 12.0. The Morgan fingerprint density at radius 3 is 2.44 bits per heavy atom. The van der Waals surface area contributed by atoms with Crippen LogP contribution in [0.2, 0.25) is 10.0 Å².